The van der Waals surface area contributed by atoms with Gasteiger partial charge < -0.3 is 24.6 Å². The van der Waals surface area contributed by atoms with Crippen molar-refractivity contribution in [2.24, 2.45) is 0 Å². The lowest BCUT2D eigenvalue weighted by Gasteiger charge is -2.54. The fraction of sp³-hybridized carbons (Fsp3) is 0.180. The molecule has 0 amide bonds. The van der Waals surface area contributed by atoms with Crippen molar-refractivity contribution in [3.8, 4) is 28.4 Å². The van der Waals surface area contributed by atoms with Crippen molar-refractivity contribution in [2.75, 3.05) is 15.1 Å². The smallest absolute Gasteiger partial charge is 0.134 e. The van der Waals surface area contributed by atoms with Crippen LogP contribution in [0.15, 0.2) is 210 Å². The molecule has 2 unspecified atom stereocenters. The third-order valence-electron chi connectivity index (χ3n) is 14.8. The first kappa shape index (κ1) is 38.9. The van der Waals surface area contributed by atoms with Gasteiger partial charge in [0.25, 0.3) is 0 Å². The molecule has 4 aliphatic carbocycles. The zero-order valence-corrected chi connectivity index (χ0v) is 37.5. The van der Waals surface area contributed by atoms with E-state index in [-0.39, 0.29) is 6.04 Å². The third kappa shape index (κ3) is 5.99. The van der Waals surface area contributed by atoms with Crippen LogP contribution in [0.1, 0.15) is 72.8 Å². The van der Waals surface area contributed by atoms with Crippen LogP contribution in [0.3, 0.4) is 0 Å². The van der Waals surface area contributed by atoms with Crippen LogP contribution in [0, 0.1) is 13.8 Å². The normalized spacial score (nSPS) is 20.5. The van der Waals surface area contributed by atoms with E-state index in [9.17, 15) is 0 Å². The first-order valence-corrected chi connectivity index (χ1v) is 23.8. The van der Waals surface area contributed by atoms with Gasteiger partial charge in [0.2, 0.25) is 0 Å². The Morgan fingerprint density at radius 1 is 0.667 bits per heavy atom. The molecule has 3 heterocycles. The molecule has 0 aromatic heterocycles. The molecule has 1 N–H and O–H groups in total. The van der Waals surface area contributed by atoms with E-state index in [0.29, 0.717) is 0 Å². The van der Waals surface area contributed by atoms with E-state index in [1.807, 2.05) is 0 Å². The molecule has 66 heavy (non-hydrogen) atoms. The number of hydrogen-bond donors (Lipinski definition) is 1. The Kier molecular flexibility index (Phi) is 9.03. The highest BCUT2D eigenvalue weighted by Gasteiger charge is 2.59. The maximum Gasteiger partial charge on any atom is 0.134 e. The lowest BCUT2D eigenvalue weighted by molar-refractivity contribution is 0.356. The van der Waals surface area contributed by atoms with Crippen molar-refractivity contribution >= 4 is 28.4 Å². The van der Waals surface area contributed by atoms with Gasteiger partial charge >= 0.3 is 0 Å². The fourth-order valence-electron chi connectivity index (χ4n) is 12.0. The summed E-state index contributed by atoms with van der Waals surface area (Å²) in [6.45, 7) is 4.42. The minimum absolute atomic E-state index is 0.253. The SMILES string of the molecule is Cc1cccc(N(c2ccc(-c3ccc(Nc4cccc5c4C46C7=C(CCC=C7Oc7cccc(C)c74)N(C4=CC=CCC4)c4cccc(c46)O5)cc3)cc2)C2C=CC3=C(CCC=C3)C2)c1. The molecule has 5 heteroatoms. The van der Waals surface area contributed by atoms with Gasteiger partial charge in [0, 0.05) is 56.4 Å². The zero-order chi connectivity index (χ0) is 43.9. The monoisotopic (exact) mass is 857 g/mol. The van der Waals surface area contributed by atoms with Crippen LogP contribution in [0.25, 0.3) is 11.1 Å². The van der Waals surface area contributed by atoms with Crippen LogP contribution in [0.2, 0.25) is 0 Å². The van der Waals surface area contributed by atoms with Crippen molar-refractivity contribution in [3.63, 3.8) is 0 Å². The van der Waals surface area contributed by atoms with Crippen LogP contribution < -0.4 is 24.6 Å². The molecule has 0 saturated carbocycles. The van der Waals surface area contributed by atoms with Crippen molar-refractivity contribution in [1.82, 2.24) is 0 Å². The topological polar surface area (TPSA) is 37.0 Å². The van der Waals surface area contributed by atoms with E-state index in [1.54, 1.807) is 5.57 Å². The van der Waals surface area contributed by atoms with E-state index in [0.717, 1.165) is 84.9 Å². The van der Waals surface area contributed by atoms with E-state index >= 15 is 0 Å². The number of fused-ring (bicyclic) bond motifs is 2. The Hall–Kier alpha value is -7.50. The second-order valence-electron chi connectivity index (χ2n) is 18.7. The zero-order valence-electron chi connectivity index (χ0n) is 37.5. The molecule has 322 valence electrons. The summed E-state index contributed by atoms with van der Waals surface area (Å²) in [6, 6.07) is 46.8. The lowest BCUT2D eigenvalue weighted by atomic mass is 9.57. The molecule has 6 aromatic carbocycles. The second kappa shape index (κ2) is 15.3. The third-order valence-corrected chi connectivity index (χ3v) is 14.8. The second-order valence-corrected chi connectivity index (χ2v) is 18.7. The van der Waals surface area contributed by atoms with E-state index in [1.165, 1.54) is 73.0 Å². The van der Waals surface area contributed by atoms with Crippen LogP contribution in [0.5, 0.6) is 17.2 Å². The minimum atomic E-state index is -0.681. The highest BCUT2D eigenvalue weighted by molar-refractivity contribution is 5.90. The summed E-state index contributed by atoms with van der Waals surface area (Å²) < 4.78 is 14.1. The summed E-state index contributed by atoms with van der Waals surface area (Å²) in [5, 5.41) is 3.95. The lowest BCUT2D eigenvalue weighted by Crippen LogP contribution is -2.47. The van der Waals surface area contributed by atoms with Gasteiger partial charge in [-0.2, -0.15) is 0 Å². The quantitative estimate of drug-likeness (QED) is 0.173. The number of nitrogens with zero attached hydrogens (tertiary/aromatic N) is 2. The number of benzene rings is 6. The standard InChI is InChI=1S/C61H51N3O2/c1-39-13-8-19-48(37-39)63(49-36-31-41-15-6-7-16-44(41)38-49)47-34-29-43(30-35-47)42-27-32-45(33-28-42)62-50-20-10-24-54-58(50)61-57-40(2)14-9-23-53(57)65-55-25-11-21-51(59(55)61)64(46-17-4-3-5-18-46)52-22-12-26-56(66-54)60(52)61/h3-4,6,8-10,12-15,17,19-20,22-37,49,62H,5,7,11,16,18,21,38H2,1-2H3. The number of allylic oxidation sites excluding steroid dienone is 11. The Morgan fingerprint density at radius 3 is 2.24 bits per heavy atom. The fourth-order valence-corrected chi connectivity index (χ4v) is 12.0. The van der Waals surface area contributed by atoms with Crippen molar-refractivity contribution in [1.29, 1.82) is 0 Å². The van der Waals surface area contributed by atoms with Gasteiger partial charge in [0.1, 0.15) is 23.0 Å². The molecular weight excluding hydrogens is 807 g/mol. The van der Waals surface area contributed by atoms with Crippen molar-refractivity contribution in [2.45, 2.75) is 70.3 Å². The first-order valence-electron chi connectivity index (χ1n) is 23.8. The molecule has 0 fully saturated rings. The average molecular weight is 858 g/mol. The molecule has 0 saturated heterocycles. The van der Waals surface area contributed by atoms with Crippen molar-refractivity contribution in [3.05, 3.63) is 238 Å². The summed E-state index contributed by atoms with van der Waals surface area (Å²) in [6.07, 6.45) is 25.6. The highest BCUT2D eigenvalue weighted by Crippen LogP contribution is 2.69. The average Bonchev–Trinajstić information content (AvgIpc) is 3.35. The van der Waals surface area contributed by atoms with Gasteiger partial charge in [-0.3, -0.25) is 0 Å². The Balaban J connectivity index is 0.883. The number of anilines is 5. The molecule has 1 spiro atoms. The van der Waals surface area contributed by atoms with E-state index in [4.69, 9.17) is 9.47 Å². The molecule has 6 aromatic rings. The summed E-state index contributed by atoms with van der Waals surface area (Å²) in [5.41, 5.74) is 20.1. The predicted molar refractivity (Wildman–Crippen MR) is 269 cm³/mol. The summed E-state index contributed by atoms with van der Waals surface area (Å²) in [5.74, 6) is 3.61. The predicted octanol–water partition coefficient (Wildman–Crippen LogP) is 15.6. The van der Waals surface area contributed by atoms with Crippen LogP contribution in [0.4, 0.5) is 28.4 Å². The number of aryl methyl sites for hydroxylation is 2. The Labute approximate surface area is 387 Å². The highest BCUT2D eigenvalue weighted by atomic mass is 16.5. The molecule has 2 atom stereocenters. The summed E-state index contributed by atoms with van der Waals surface area (Å²) in [4.78, 5) is 5.06. The van der Waals surface area contributed by atoms with Gasteiger partial charge in [0.05, 0.1) is 17.1 Å². The molecule has 0 bridgehead atoms. The molecule has 13 rings (SSSR count). The van der Waals surface area contributed by atoms with Crippen LogP contribution in [-0.2, 0) is 5.41 Å². The molecule has 7 aliphatic rings. The molecule has 0 radical (unpaired) electrons. The maximum atomic E-state index is 7.06. The van der Waals surface area contributed by atoms with Crippen molar-refractivity contribution < 1.29 is 9.47 Å². The number of ether oxygens (including phenoxy) is 2. The van der Waals surface area contributed by atoms with Gasteiger partial charge in [-0.15, -0.1) is 0 Å². The molecular formula is C61H51N3O2. The summed E-state index contributed by atoms with van der Waals surface area (Å²) >= 11 is 0. The van der Waals surface area contributed by atoms with Gasteiger partial charge in [-0.05, 0) is 166 Å². The molecule has 5 nitrogen and oxygen atoms in total. The minimum Gasteiger partial charge on any atom is -0.457 e. The van der Waals surface area contributed by atoms with E-state index < -0.39 is 5.41 Å². The molecule has 3 aliphatic heterocycles. The van der Waals surface area contributed by atoms with Crippen LogP contribution >= 0.6 is 0 Å². The largest absolute Gasteiger partial charge is 0.457 e. The maximum absolute atomic E-state index is 7.06. The van der Waals surface area contributed by atoms with Gasteiger partial charge in [-0.25, -0.2) is 0 Å². The number of rotatable bonds is 7. The summed E-state index contributed by atoms with van der Waals surface area (Å²) in [7, 11) is 0. The Bertz CT molecular complexity index is 3230. The number of nitrogens with one attached hydrogen (secondary N) is 1. The van der Waals surface area contributed by atoms with Gasteiger partial charge in [0.15, 0.2) is 0 Å². The van der Waals surface area contributed by atoms with Gasteiger partial charge in [-0.1, -0.05) is 103 Å². The number of hydrogen-bond acceptors (Lipinski definition) is 5. The van der Waals surface area contributed by atoms with Crippen LogP contribution in [-0.4, -0.2) is 6.04 Å². The van der Waals surface area contributed by atoms with E-state index in [2.05, 4.69) is 205 Å². The first-order chi connectivity index (χ1) is 32.5. The Morgan fingerprint density at radius 2 is 1.42 bits per heavy atom.